The van der Waals surface area contributed by atoms with Crippen molar-refractivity contribution >= 4 is 19.7 Å². The second-order valence-corrected chi connectivity index (χ2v) is 14.2. The van der Waals surface area contributed by atoms with Crippen LogP contribution < -0.4 is 16.0 Å². The normalized spacial score (nSPS) is 21.4. The number of rotatable bonds is 10. The summed E-state index contributed by atoms with van der Waals surface area (Å²) in [5.74, 6) is 0. The van der Waals surface area contributed by atoms with E-state index in [2.05, 4.69) is 16.0 Å². The van der Waals surface area contributed by atoms with Crippen molar-refractivity contribution in [1.82, 2.24) is 16.0 Å². The summed E-state index contributed by atoms with van der Waals surface area (Å²) in [6.07, 6.45) is 17.5. The standard InChI is InChI=1S/C26H39N5O4S2/c27-16-24(18-29-21-10-4-1-5-11-21)36(32,33)26(20-31-23-14-8-3-9-15-23)37(34,35)25(17-28)19-30-22-12-6-2-7-13-22/h18-23,29-31H,1-15H2/b24-18+,25-19+. The molecule has 0 aromatic heterocycles. The van der Waals surface area contributed by atoms with Crippen molar-refractivity contribution in [1.29, 1.82) is 10.5 Å². The third-order valence-corrected chi connectivity index (χ3v) is 11.7. The largest absolute Gasteiger partial charge is 0.387 e. The molecule has 3 aliphatic rings. The maximum absolute atomic E-state index is 13.6. The van der Waals surface area contributed by atoms with Crippen molar-refractivity contribution in [3.8, 4) is 12.1 Å². The first-order chi connectivity index (χ1) is 17.8. The molecule has 0 heterocycles. The van der Waals surface area contributed by atoms with Crippen LogP contribution in [0.4, 0.5) is 0 Å². The van der Waals surface area contributed by atoms with Gasteiger partial charge in [-0.2, -0.15) is 10.5 Å². The van der Waals surface area contributed by atoms with Crippen LogP contribution in [0, 0.1) is 22.7 Å². The predicted molar refractivity (Wildman–Crippen MR) is 143 cm³/mol. The summed E-state index contributed by atoms with van der Waals surface area (Å²) >= 11 is 0. The Hall–Kier alpha value is -2.50. The number of nitrogens with one attached hydrogen (secondary N) is 3. The van der Waals surface area contributed by atoms with E-state index in [1.165, 1.54) is 0 Å². The third kappa shape index (κ3) is 7.99. The molecule has 3 aliphatic carbocycles. The Bertz CT molecular complexity index is 1080. The molecular weight excluding hydrogens is 510 g/mol. The van der Waals surface area contributed by atoms with Crippen LogP contribution in [0.2, 0.25) is 0 Å². The molecule has 37 heavy (non-hydrogen) atoms. The lowest BCUT2D eigenvalue weighted by molar-refractivity contribution is 0.404. The molecule has 0 unspecified atom stereocenters. The van der Waals surface area contributed by atoms with E-state index in [0.717, 1.165) is 115 Å². The van der Waals surface area contributed by atoms with Gasteiger partial charge in [-0.1, -0.05) is 57.8 Å². The first-order valence-electron chi connectivity index (χ1n) is 13.5. The molecule has 0 saturated heterocycles. The van der Waals surface area contributed by atoms with Gasteiger partial charge in [-0.3, -0.25) is 0 Å². The van der Waals surface area contributed by atoms with E-state index >= 15 is 0 Å². The van der Waals surface area contributed by atoms with Crippen LogP contribution in [0.5, 0.6) is 0 Å². The van der Waals surface area contributed by atoms with E-state index in [1.807, 2.05) is 0 Å². The van der Waals surface area contributed by atoms with Crippen LogP contribution in [-0.4, -0.2) is 35.0 Å². The SMILES string of the molecule is N#C/C(=C\NC1CCCCC1)S(=O)(=O)C(=CNC1CCCCC1)S(=O)(=O)/C(C#N)=C/NC1CCCCC1. The Morgan fingerprint density at radius 2 is 0.838 bits per heavy atom. The molecule has 3 N–H and O–H groups in total. The number of nitrogens with zero attached hydrogens (tertiary/aromatic N) is 2. The monoisotopic (exact) mass is 549 g/mol. The summed E-state index contributed by atoms with van der Waals surface area (Å²) in [6.45, 7) is 0. The highest BCUT2D eigenvalue weighted by atomic mass is 32.3. The second-order valence-electron chi connectivity index (χ2n) is 10.2. The van der Waals surface area contributed by atoms with E-state index in [-0.39, 0.29) is 18.1 Å². The predicted octanol–water partition coefficient (Wildman–Crippen LogP) is 4.11. The molecule has 9 nitrogen and oxygen atoms in total. The maximum Gasteiger partial charge on any atom is 0.230 e. The fourth-order valence-corrected chi connectivity index (χ4v) is 8.50. The van der Waals surface area contributed by atoms with Gasteiger partial charge in [-0.05, 0) is 38.5 Å². The van der Waals surface area contributed by atoms with Crippen LogP contribution >= 0.6 is 0 Å². The fourth-order valence-electron chi connectivity index (χ4n) is 5.24. The first kappa shape index (κ1) is 29.1. The summed E-state index contributed by atoms with van der Waals surface area (Å²) in [4.78, 5) is -1.37. The van der Waals surface area contributed by atoms with Gasteiger partial charge in [0.05, 0.1) is 0 Å². The Morgan fingerprint density at radius 3 is 1.14 bits per heavy atom. The molecule has 0 aromatic carbocycles. The molecule has 0 aliphatic heterocycles. The zero-order valence-corrected chi connectivity index (χ0v) is 23.0. The smallest absolute Gasteiger partial charge is 0.230 e. The lowest BCUT2D eigenvalue weighted by atomic mass is 9.96. The summed E-state index contributed by atoms with van der Waals surface area (Å²) in [5, 5.41) is 28.4. The second kappa shape index (κ2) is 13.9. The fraction of sp³-hybridized carbons (Fsp3) is 0.692. The van der Waals surface area contributed by atoms with Crippen molar-refractivity contribution in [2.45, 2.75) is 114 Å². The summed E-state index contributed by atoms with van der Waals surface area (Å²) in [6, 6.07) is 3.34. The highest BCUT2D eigenvalue weighted by Crippen LogP contribution is 2.28. The van der Waals surface area contributed by atoms with Crippen LogP contribution in [-0.2, 0) is 19.7 Å². The molecule has 3 rings (SSSR count). The Kier molecular flexibility index (Phi) is 10.9. The number of hydrogen-bond acceptors (Lipinski definition) is 9. The molecule has 0 amide bonds. The minimum Gasteiger partial charge on any atom is -0.387 e. The van der Waals surface area contributed by atoms with Crippen LogP contribution in [0.25, 0.3) is 0 Å². The Morgan fingerprint density at radius 1 is 0.541 bits per heavy atom. The lowest BCUT2D eigenvalue weighted by Gasteiger charge is -2.23. The van der Waals surface area contributed by atoms with Crippen molar-refractivity contribution in [3.63, 3.8) is 0 Å². The van der Waals surface area contributed by atoms with Crippen molar-refractivity contribution < 1.29 is 16.8 Å². The topological polar surface area (TPSA) is 152 Å². The van der Waals surface area contributed by atoms with Crippen LogP contribution in [0.15, 0.2) is 32.6 Å². The molecular formula is C26H39N5O4S2. The van der Waals surface area contributed by atoms with Gasteiger partial charge in [0.2, 0.25) is 19.7 Å². The molecule has 0 bridgehead atoms. The highest BCUT2D eigenvalue weighted by molar-refractivity contribution is 8.17. The molecule has 204 valence electrons. The maximum atomic E-state index is 13.6. The molecule has 0 spiro atoms. The number of sulfone groups is 2. The Balaban J connectivity index is 1.94. The van der Waals surface area contributed by atoms with Crippen molar-refractivity contribution in [2.24, 2.45) is 0 Å². The highest BCUT2D eigenvalue weighted by Gasteiger charge is 2.38. The molecule has 3 saturated carbocycles. The Labute approximate surface area is 221 Å². The number of hydrogen-bond donors (Lipinski definition) is 3. The minimum absolute atomic E-state index is 0.0333. The third-order valence-electron chi connectivity index (χ3n) is 7.48. The summed E-state index contributed by atoms with van der Waals surface area (Å²) in [5.41, 5.74) is 0. The number of nitriles is 2. The van der Waals surface area contributed by atoms with E-state index in [4.69, 9.17) is 0 Å². The molecule has 0 atom stereocenters. The first-order valence-corrected chi connectivity index (χ1v) is 16.4. The van der Waals surface area contributed by atoms with Gasteiger partial charge in [0.25, 0.3) is 0 Å². The number of allylic oxidation sites excluding steroid dienone is 2. The van der Waals surface area contributed by atoms with Crippen molar-refractivity contribution in [3.05, 3.63) is 32.6 Å². The van der Waals surface area contributed by atoms with Gasteiger partial charge >= 0.3 is 0 Å². The van der Waals surface area contributed by atoms with Crippen LogP contribution in [0.3, 0.4) is 0 Å². The van der Waals surface area contributed by atoms with Gasteiger partial charge in [0.15, 0.2) is 14.0 Å². The van der Waals surface area contributed by atoms with E-state index in [9.17, 15) is 27.4 Å². The molecule has 0 aromatic rings. The van der Waals surface area contributed by atoms with E-state index < -0.39 is 33.7 Å². The van der Waals surface area contributed by atoms with Crippen LogP contribution in [0.1, 0.15) is 96.3 Å². The van der Waals surface area contributed by atoms with Gasteiger partial charge in [0, 0.05) is 36.7 Å². The summed E-state index contributed by atoms with van der Waals surface area (Å²) in [7, 11) is -9.48. The van der Waals surface area contributed by atoms with Crippen molar-refractivity contribution in [2.75, 3.05) is 0 Å². The average molecular weight is 550 g/mol. The molecule has 11 heteroatoms. The average Bonchev–Trinajstić information content (AvgIpc) is 2.90. The van der Waals surface area contributed by atoms with Gasteiger partial charge < -0.3 is 16.0 Å². The minimum atomic E-state index is -4.74. The van der Waals surface area contributed by atoms with Gasteiger partial charge in [-0.15, -0.1) is 0 Å². The molecule has 3 fully saturated rings. The lowest BCUT2D eigenvalue weighted by Crippen LogP contribution is -2.31. The van der Waals surface area contributed by atoms with E-state index in [0.29, 0.717) is 0 Å². The quantitative estimate of drug-likeness (QED) is 0.342. The zero-order valence-electron chi connectivity index (χ0n) is 21.4. The summed E-state index contributed by atoms with van der Waals surface area (Å²) < 4.78 is 53.5. The van der Waals surface area contributed by atoms with Gasteiger partial charge in [-0.25, -0.2) is 16.8 Å². The van der Waals surface area contributed by atoms with Gasteiger partial charge in [0.1, 0.15) is 12.1 Å². The molecule has 0 radical (unpaired) electrons. The zero-order chi connectivity index (χ0) is 26.7. The van der Waals surface area contributed by atoms with E-state index in [1.54, 1.807) is 12.1 Å².